The molecule has 150 valence electrons. The zero-order chi connectivity index (χ0) is 20.1. The molecular formula is C18H20FN3O5S. The first kappa shape index (κ1) is 20.2. The van der Waals surface area contributed by atoms with E-state index in [4.69, 9.17) is 4.74 Å². The summed E-state index contributed by atoms with van der Waals surface area (Å²) in [6.07, 6.45) is 0. The largest absolute Gasteiger partial charge is 0.492 e. The second kappa shape index (κ2) is 8.63. The number of halogens is 1. The van der Waals surface area contributed by atoms with Crippen LogP contribution in [0, 0.1) is 15.9 Å². The second-order valence-electron chi connectivity index (χ2n) is 6.30. The fourth-order valence-electron chi connectivity index (χ4n) is 2.91. The van der Waals surface area contributed by atoms with E-state index in [1.165, 1.54) is 40.7 Å². The van der Waals surface area contributed by atoms with Crippen LogP contribution in [0.5, 0.6) is 5.75 Å². The lowest BCUT2D eigenvalue weighted by Crippen LogP contribution is -2.49. The van der Waals surface area contributed by atoms with Gasteiger partial charge in [-0.25, -0.2) is 12.8 Å². The van der Waals surface area contributed by atoms with Crippen molar-refractivity contribution >= 4 is 15.7 Å². The van der Waals surface area contributed by atoms with Crippen molar-refractivity contribution in [1.29, 1.82) is 0 Å². The van der Waals surface area contributed by atoms with Gasteiger partial charge in [-0.1, -0.05) is 0 Å². The molecule has 0 N–H and O–H groups in total. The summed E-state index contributed by atoms with van der Waals surface area (Å²) in [5.74, 6) is 0.262. The Balaban J connectivity index is 1.49. The normalized spacial score (nSPS) is 16.0. The minimum atomic E-state index is -3.68. The molecule has 0 atom stereocenters. The van der Waals surface area contributed by atoms with Crippen LogP contribution in [0.15, 0.2) is 53.4 Å². The fourth-order valence-corrected chi connectivity index (χ4v) is 4.33. The number of hydrogen-bond donors (Lipinski definition) is 0. The lowest BCUT2D eigenvalue weighted by molar-refractivity contribution is -0.384. The van der Waals surface area contributed by atoms with Gasteiger partial charge in [-0.3, -0.25) is 15.0 Å². The maximum atomic E-state index is 12.9. The molecule has 0 aromatic heterocycles. The number of nitro groups is 1. The van der Waals surface area contributed by atoms with Gasteiger partial charge in [-0.05, 0) is 36.4 Å². The van der Waals surface area contributed by atoms with E-state index in [2.05, 4.69) is 4.90 Å². The number of piperazine rings is 1. The highest BCUT2D eigenvalue weighted by Crippen LogP contribution is 2.20. The number of benzene rings is 2. The highest BCUT2D eigenvalue weighted by Gasteiger charge is 2.28. The molecule has 10 heteroatoms. The molecule has 0 aliphatic carbocycles. The average Bonchev–Trinajstić information content (AvgIpc) is 2.70. The third-order valence-electron chi connectivity index (χ3n) is 4.51. The fraction of sp³-hybridized carbons (Fsp3) is 0.333. The molecule has 1 aliphatic heterocycles. The average molecular weight is 409 g/mol. The van der Waals surface area contributed by atoms with Crippen LogP contribution in [0.1, 0.15) is 0 Å². The van der Waals surface area contributed by atoms with Crippen LogP contribution in [0.2, 0.25) is 0 Å². The molecule has 0 amide bonds. The summed E-state index contributed by atoms with van der Waals surface area (Å²) in [5, 5.41) is 10.7. The van der Waals surface area contributed by atoms with Gasteiger partial charge in [-0.15, -0.1) is 0 Å². The quantitative estimate of drug-likeness (QED) is 0.514. The molecule has 2 aromatic carbocycles. The van der Waals surface area contributed by atoms with Crippen molar-refractivity contribution in [3.05, 3.63) is 64.5 Å². The van der Waals surface area contributed by atoms with E-state index in [0.717, 1.165) is 0 Å². The number of ether oxygens (including phenoxy) is 1. The Bertz CT molecular complexity index is 911. The van der Waals surface area contributed by atoms with Gasteiger partial charge in [0.1, 0.15) is 18.2 Å². The van der Waals surface area contributed by atoms with Crippen LogP contribution in [-0.2, 0) is 10.0 Å². The van der Waals surface area contributed by atoms with E-state index in [1.54, 1.807) is 12.1 Å². The minimum absolute atomic E-state index is 0.0474. The number of rotatable bonds is 7. The first-order valence-corrected chi connectivity index (χ1v) is 10.2. The summed E-state index contributed by atoms with van der Waals surface area (Å²) in [7, 11) is -3.68. The summed E-state index contributed by atoms with van der Waals surface area (Å²) in [6, 6.07) is 10.7. The molecule has 8 nitrogen and oxygen atoms in total. The van der Waals surface area contributed by atoms with Gasteiger partial charge in [0.05, 0.1) is 9.82 Å². The number of non-ortho nitro benzene ring substituents is 1. The number of nitrogens with zero attached hydrogens (tertiary/aromatic N) is 3. The Morgan fingerprint density at radius 1 is 1.00 bits per heavy atom. The van der Waals surface area contributed by atoms with Crippen molar-refractivity contribution in [2.75, 3.05) is 39.3 Å². The van der Waals surface area contributed by atoms with Gasteiger partial charge in [0.2, 0.25) is 10.0 Å². The van der Waals surface area contributed by atoms with Crippen LogP contribution < -0.4 is 4.74 Å². The lowest BCUT2D eigenvalue weighted by Gasteiger charge is -2.33. The molecule has 1 fully saturated rings. The third-order valence-corrected chi connectivity index (χ3v) is 6.42. The molecule has 1 saturated heterocycles. The molecule has 0 spiro atoms. The van der Waals surface area contributed by atoms with Crippen LogP contribution in [0.25, 0.3) is 0 Å². The van der Waals surface area contributed by atoms with Gasteiger partial charge < -0.3 is 4.74 Å². The maximum absolute atomic E-state index is 12.9. The van der Waals surface area contributed by atoms with Gasteiger partial charge >= 0.3 is 0 Å². The summed E-state index contributed by atoms with van der Waals surface area (Å²) in [4.78, 5) is 12.3. The SMILES string of the molecule is O=[N+]([O-])c1ccc(S(=O)(=O)N2CCN(CCOc3ccc(F)cc3)CC2)cc1. The van der Waals surface area contributed by atoms with Crippen molar-refractivity contribution in [3.63, 3.8) is 0 Å². The van der Waals surface area contributed by atoms with Crippen LogP contribution >= 0.6 is 0 Å². The van der Waals surface area contributed by atoms with Crippen LogP contribution in [0.4, 0.5) is 10.1 Å². The first-order chi connectivity index (χ1) is 13.4. The molecule has 0 saturated carbocycles. The van der Waals surface area contributed by atoms with Crippen molar-refractivity contribution in [1.82, 2.24) is 9.21 Å². The summed E-state index contributed by atoms with van der Waals surface area (Å²) >= 11 is 0. The lowest BCUT2D eigenvalue weighted by atomic mass is 10.3. The highest BCUT2D eigenvalue weighted by molar-refractivity contribution is 7.89. The molecule has 2 aromatic rings. The molecule has 0 unspecified atom stereocenters. The molecule has 1 heterocycles. The highest BCUT2D eigenvalue weighted by atomic mass is 32.2. The Kier molecular flexibility index (Phi) is 6.22. The smallest absolute Gasteiger partial charge is 0.269 e. The number of sulfonamides is 1. The minimum Gasteiger partial charge on any atom is -0.492 e. The van der Waals surface area contributed by atoms with Gasteiger partial charge in [0.25, 0.3) is 5.69 Å². The van der Waals surface area contributed by atoms with E-state index in [0.29, 0.717) is 45.1 Å². The Labute approximate surface area is 162 Å². The third kappa shape index (κ3) is 4.83. The first-order valence-electron chi connectivity index (χ1n) is 8.71. The topological polar surface area (TPSA) is 93.0 Å². The van der Waals surface area contributed by atoms with E-state index in [1.807, 2.05) is 0 Å². The molecular weight excluding hydrogens is 389 g/mol. The molecule has 3 rings (SSSR count). The van der Waals surface area contributed by atoms with Crippen LogP contribution in [0.3, 0.4) is 0 Å². The monoisotopic (exact) mass is 409 g/mol. The Hall–Kier alpha value is -2.56. The molecule has 0 radical (unpaired) electrons. The zero-order valence-electron chi connectivity index (χ0n) is 15.0. The van der Waals surface area contributed by atoms with Crippen molar-refractivity contribution in [2.45, 2.75) is 4.90 Å². The zero-order valence-corrected chi connectivity index (χ0v) is 15.8. The van der Waals surface area contributed by atoms with E-state index >= 15 is 0 Å². The van der Waals surface area contributed by atoms with E-state index in [-0.39, 0.29) is 16.4 Å². The van der Waals surface area contributed by atoms with Crippen molar-refractivity contribution in [2.24, 2.45) is 0 Å². The standard InChI is InChI=1S/C18H20FN3O5S/c19-15-1-5-17(6-2-15)27-14-13-20-9-11-21(12-10-20)28(25,26)18-7-3-16(4-8-18)22(23)24/h1-8H,9-14H2. The Morgan fingerprint density at radius 3 is 2.18 bits per heavy atom. The predicted molar refractivity (Wildman–Crippen MR) is 100 cm³/mol. The maximum Gasteiger partial charge on any atom is 0.269 e. The number of hydrogen-bond acceptors (Lipinski definition) is 6. The summed E-state index contributed by atoms with van der Waals surface area (Å²) < 4.78 is 45.2. The van der Waals surface area contributed by atoms with Gasteiger partial charge in [0.15, 0.2) is 0 Å². The summed E-state index contributed by atoms with van der Waals surface area (Å²) in [6.45, 7) is 2.81. The van der Waals surface area contributed by atoms with Crippen molar-refractivity contribution < 1.29 is 22.5 Å². The molecule has 1 aliphatic rings. The predicted octanol–water partition coefficient (Wildman–Crippen LogP) is 2.12. The Morgan fingerprint density at radius 2 is 1.61 bits per heavy atom. The number of nitro benzene ring substituents is 1. The van der Waals surface area contributed by atoms with E-state index in [9.17, 15) is 22.9 Å². The second-order valence-corrected chi connectivity index (χ2v) is 8.24. The van der Waals surface area contributed by atoms with Crippen LogP contribution in [-0.4, -0.2) is 61.9 Å². The molecule has 0 bridgehead atoms. The summed E-state index contributed by atoms with van der Waals surface area (Å²) in [5.41, 5.74) is -0.148. The van der Waals surface area contributed by atoms with Gasteiger partial charge in [0, 0.05) is 44.9 Å². The van der Waals surface area contributed by atoms with Crippen molar-refractivity contribution in [3.8, 4) is 5.75 Å². The molecule has 28 heavy (non-hydrogen) atoms. The van der Waals surface area contributed by atoms with E-state index < -0.39 is 14.9 Å². The van der Waals surface area contributed by atoms with Gasteiger partial charge in [-0.2, -0.15) is 4.31 Å².